The van der Waals surface area contributed by atoms with Crippen molar-refractivity contribution in [3.63, 3.8) is 0 Å². The topological polar surface area (TPSA) is 337 Å². The zero-order chi connectivity index (χ0) is 63.5. The van der Waals surface area contributed by atoms with Crippen LogP contribution in [0.25, 0.3) is 0 Å². The first-order valence-electron chi connectivity index (χ1n) is 24.3. The monoisotopic (exact) mass is 1580 g/mol. The minimum Gasteiger partial charge on any atom is -0.870 e. The van der Waals surface area contributed by atoms with Crippen LogP contribution in [0.4, 0.5) is 13.2 Å². The van der Waals surface area contributed by atoms with E-state index in [-0.39, 0.29) is 153 Å². The molecule has 1 saturated heterocycles. The molecule has 16 unspecified atom stereocenters. The molecule has 25 nitrogen and oxygen atoms in total. The van der Waals surface area contributed by atoms with Gasteiger partial charge in [0.2, 0.25) is 11.2 Å². The summed E-state index contributed by atoms with van der Waals surface area (Å²) in [5, 5.41) is 4.36. The molecule has 0 aromatic rings. The zero-order valence-electron chi connectivity index (χ0n) is 49.5. The van der Waals surface area contributed by atoms with E-state index in [1.165, 1.54) is 51.7 Å². The van der Waals surface area contributed by atoms with Gasteiger partial charge in [0, 0.05) is 87.6 Å². The Morgan fingerprint density at radius 2 is 1.11 bits per heavy atom. The molecule has 556 valence electrons. The van der Waals surface area contributed by atoms with Crippen LogP contribution in [0.2, 0.25) is 0 Å². The Kier molecular flexibility index (Phi) is 117. The molecule has 0 aromatic heterocycles. The minimum absolute atomic E-state index is 0. The first-order chi connectivity index (χ1) is 36.8. The van der Waals surface area contributed by atoms with Crippen LogP contribution in [-0.2, 0) is 96.6 Å². The van der Waals surface area contributed by atoms with Gasteiger partial charge in [-0.3, -0.25) is 32.3 Å². The van der Waals surface area contributed by atoms with Crippen molar-refractivity contribution in [1.29, 1.82) is 0 Å². The molecule has 2 aliphatic carbocycles. The molecule has 0 spiro atoms. The zero-order valence-corrected chi connectivity index (χ0v) is 60.2. The summed E-state index contributed by atoms with van der Waals surface area (Å²) in [5.74, 6) is -2.98. The van der Waals surface area contributed by atoms with Crippen molar-refractivity contribution in [2.45, 2.75) is 209 Å². The summed E-state index contributed by atoms with van der Waals surface area (Å²) in [5.41, 5.74) is 5.38. The number of amides is 1. The average Bonchev–Trinajstić information content (AvgIpc) is 3.67. The molecule has 41 heteroatoms. The van der Waals surface area contributed by atoms with Gasteiger partial charge in [0.25, 0.3) is 14.2 Å². The maximum absolute atomic E-state index is 12.6. The van der Waals surface area contributed by atoms with E-state index in [9.17, 15) is 50.2 Å². The molecule has 1 heterocycles. The first kappa shape index (κ1) is 129. The van der Waals surface area contributed by atoms with Crippen LogP contribution in [0.15, 0.2) is 0 Å². The number of halogens is 7. The van der Waals surface area contributed by atoms with E-state index in [2.05, 4.69) is 40.4 Å². The summed E-state index contributed by atoms with van der Waals surface area (Å²) in [7, 11) is 6.01. The van der Waals surface area contributed by atoms with Crippen LogP contribution in [0.5, 0.6) is 0 Å². The molecular formula is C49H126Cl4F3N3NaO22P8+3. The number of Topliss-reactive ketones (excluding diaryl/α,β-unsaturated/α-hetero) is 1. The molecular weight excluding hydrogens is 1450 g/mol. The van der Waals surface area contributed by atoms with Crippen molar-refractivity contribution in [3.05, 3.63) is 0 Å². The second-order valence-electron chi connectivity index (χ2n) is 16.3. The van der Waals surface area contributed by atoms with Crippen LogP contribution in [0.1, 0.15) is 157 Å². The predicted molar refractivity (Wildman–Crippen MR) is 376 cm³/mol. The van der Waals surface area contributed by atoms with Crippen molar-refractivity contribution in [3.8, 4) is 0 Å². The Morgan fingerprint density at radius 3 is 1.38 bits per heavy atom. The van der Waals surface area contributed by atoms with E-state index < -0.39 is 94.8 Å². The van der Waals surface area contributed by atoms with Gasteiger partial charge in [-0.15, -0.1) is 36.6 Å². The number of hydrogen-bond acceptors (Lipinski definition) is 23. The van der Waals surface area contributed by atoms with E-state index in [1.807, 2.05) is 23.1 Å². The number of carbonyl (C=O) groups excluding carboxylic acids is 2. The van der Waals surface area contributed by atoms with Crippen LogP contribution in [0, 0.1) is 0 Å². The van der Waals surface area contributed by atoms with Crippen molar-refractivity contribution in [2.24, 2.45) is 5.73 Å². The van der Waals surface area contributed by atoms with Gasteiger partial charge in [-0.2, -0.15) is 13.2 Å². The third-order valence-electron chi connectivity index (χ3n) is 8.13. The second-order valence-corrected chi connectivity index (χ2v) is 27.7. The maximum Gasteiger partial charge on any atom is 1.00 e. The fourth-order valence-corrected chi connectivity index (χ4v) is 11.5. The number of rotatable bonds is 28. The van der Waals surface area contributed by atoms with E-state index in [1.54, 1.807) is 58.3 Å². The molecule has 0 bridgehead atoms. The molecule has 5 N–H and O–H groups in total. The van der Waals surface area contributed by atoms with Crippen molar-refractivity contribution < 1.29 is 148 Å². The summed E-state index contributed by atoms with van der Waals surface area (Å²) in [6.45, 7) is 13.0. The number of alkyl halides is 3. The first-order valence-corrected chi connectivity index (χ1v) is 36.9. The Labute approximate surface area is 596 Å². The minimum atomic E-state index is -4.99. The SMILES string of the molecule is C.C.C.C.C.C.C.C.C.C.CC1CO[P+](=O)O1.COCC(C)OP(C)(=O)Cl.COCC(C)O[P+](=O)Cl.COCC(C)O[P+](C)=O.ClCl.NC1CCC1.[3H]C(P)C(=O)CNC(=O)C(F)(F)F.[3H]C(P)OP(=O)(OCC(C)OP(C)(=O)NC1CCC1)OC(C)COC.[Na+].[OH-]. The molecule has 1 aliphatic heterocycles. The quantitative estimate of drug-likeness (QED) is 0.0484. The number of hydrogen-bond donors (Lipinski definition) is 3. The van der Waals surface area contributed by atoms with Gasteiger partial charge in [0.15, 0.2) is 12.4 Å². The summed E-state index contributed by atoms with van der Waals surface area (Å²) in [6, 6.07) is 0.785. The number of ether oxygens (including phenoxy) is 4. The summed E-state index contributed by atoms with van der Waals surface area (Å²) in [6.07, 6.45) is -2.00. The third-order valence-corrected chi connectivity index (χ3v) is 15.2. The number of methoxy groups -OCH3 is 4. The van der Waals surface area contributed by atoms with Gasteiger partial charge in [-0.25, -0.2) is 9.65 Å². The number of ketones is 1. The number of phosphoric acid groups is 1. The predicted octanol–water partition coefficient (Wildman–Crippen LogP) is 15.1. The Hall–Kier alpha value is 2.30. The summed E-state index contributed by atoms with van der Waals surface area (Å²) >= 11 is 10.4. The maximum atomic E-state index is 12.6. The van der Waals surface area contributed by atoms with Gasteiger partial charge in [-0.05, 0) is 87.6 Å². The normalized spacial score (nSPS) is 18.3. The molecule has 16 atom stereocenters. The number of nitrogens with two attached hydrogens (primary N) is 1. The van der Waals surface area contributed by atoms with Gasteiger partial charge >= 0.3 is 73.1 Å². The van der Waals surface area contributed by atoms with Crippen molar-refractivity contribution >= 4 is 120 Å². The molecule has 90 heavy (non-hydrogen) atoms. The van der Waals surface area contributed by atoms with Crippen LogP contribution >= 0.6 is 108 Å². The third kappa shape index (κ3) is 96.7. The van der Waals surface area contributed by atoms with Crippen molar-refractivity contribution in [2.75, 3.05) is 107 Å². The van der Waals surface area contributed by atoms with E-state index in [0.717, 1.165) is 19.3 Å². The Balaban J connectivity index is -0.0000000489. The van der Waals surface area contributed by atoms with E-state index in [0.29, 0.717) is 32.5 Å². The molecule has 0 radical (unpaired) electrons. The molecule has 2 saturated carbocycles. The van der Waals surface area contributed by atoms with Gasteiger partial charge < -0.3 is 44.5 Å². The largest absolute Gasteiger partial charge is 1.00 e. The molecule has 3 fully saturated rings. The molecule has 3 rings (SSSR count). The average molecular weight is 1580 g/mol. The van der Waals surface area contributed by atoms with Gasteiger partial charge in [-0.1, -0.05) is 87.1 Å². The van der Waals surface area contributed by atoms with Crippen LogP contribution in [0.3, 0.4) is 0 Å². The Bertz CT molecular complexity index is 1820. The fourth-order valence-electron chi connectivity index (χ4n) is 4.77. The second kappa shape index (κ2) is 82.0. The Morgan fingerprint density at radius 1 is 0.733 bits per heavy atom. The van der Waals surface area contributed by atoms with Gasteiger partial charge in [0.1, 0.15) is 24.9 Å². The summed E-state index contributed by atoms with van der Waals surface area (Å²) in [4.78, 5) is 20.7. The molecule has 1 amide bonds. The standard InChI is InChI=1S/C13H30NO7P3.C5H12ClO3P.C5H7F3NO2P.C5H12O3P.C4H9ClO3P.C4H9N.C3H6O3P.10CH4.Cl2.Na.H2O/c1-11(8-17-3)21-24(16,19-10-22)18-9-12(2)20-23(4,15)14-13-6-5-7-13;1-5(4-8-2)9-10(3,6)7;6-5(7,8)4(11)9-1-3(10)2-12;1-5(4-7-2)8-9(3)6;1-4(3-7-2)8-9(5)6;5-4-2-1-3-4;1-3-2-5-7(4)6-3;;;;;;;;;;;1-2;;/h11-13H,5-10,22H2,1-4H3,(H,14,15);5H,4H2,1-3H3;1-2,12H2,(H,9,11);5H,4H2,1-3H3;4H,3H2,1-2H3;4H,1-3,5H2;3H,2H2,1H3;10*1H4;;;1H2/q;;;2*+1;;+1;;;;;;;;;;;;+1;/p-1/i10T;;2T;;;;;;;;;;;;;;;;;. The molecule has 3 aliphatic rings. The summed E-state index contributed by atoms with van der Waals surface area (Å²) < 4.78 is 179. The van der Waals surface area contributed by atoms with Crippen LogP contribution < -0.4 is 45.7 Å². The van der Waals surface area contributed by atoms with Crippen molar-refractivity contribution in [1.82, 2.24) is 10.4 Å². The molecule has 0 aromatic carbocycles. The number of phosphoric ester groups is 1. The van der Waals surface area contributed by atoms with E-state index >= 15 is 0 Å². The smallest absolute Gasteiger partial charge is 0.870 e. The number of nitrogens with one attached hydrogen (secondary N) is 2. The van der Waals surface area contributed by atoms with Gasteiger partial charge in [0.05, 0.1) is 65.6 Å². The number of carbonyl (C=O) groups is 2. The van der Waals surface area contributed by atoms with E-state index in [4.69, 9.17) is 77.0 Å². The fraction of sp³-hybridized carbons (Fsp3) is 0.959. The van der Waals surface area contributed by atoms with Crippen LogP contribution in [-0.4, -0.2) is 179 Å².